The number of carbonyl (C=O) groups is 1. The summed E-state index contributed by atoms with van der Waals surface area (Å²) < 4.78 is 0. The van der Waals surface area contributed by atoms with Crippen LogP contribution in [0.15, 0.2) is 18.2 Å². The molecule has 0 aliphatic carbocycles. The predicted octanol–water partition coefficient (Wildman–Crippen LogP) is 2.47. The molecule has 0 atom stereocenters. The summed E-state index contributed by atoms with van der Waals surface area (Å²) in [4.78, 5) is 14.5. The number of halogens is 1. The Morgan fingerprint density at radius 1 is 1.50 bits per heavy atom. The second-order valence-electron chi connectivity index (χ2n) is 4.75. The maximum atomic E-state index is 12.6. The van der Waals surface area contributed by atoms with Gasteiger partial charge in [-0.2, -0.15) is 0 Å². The number of nitrogens with one attached hydrogen (secondary N) is 1. The minimum atomic E-state index is 0.0528. The molecule has 0 bridgehead atoms. The third-order valence-corrected chi connectivity index (χ3v) is 3.85. The molecule has 0 unspecified atom stereocenters. The normalized spacial score (nSPS) is 15.3. The fraction of sp³-hybridized carbons (Fsp3) is 0.500. The number of amides is 1. The second kappa shape index (κ2) is 5.72. The molecule has 18 heavy (non-hydrogen) atoms. The Labute approximate surface area is 113 Å². The van der Waals surface area contributed by atoms with E-state index in [2.05, 4.69) is 12.2 Å². The molecule has 1 aromatic rings. The zero-order valence-electron chi connectivity index (χ0n) is 10.9. The number of benzene rings is 1. The van der Waals surface area contributed by atoms with E-state index in [0.29, 0.717) is 16.6 Å². The highest BCUT2D eigenvalue weighted by atomic mass is 35.5. The van der Waals surface area contributed by atoms with Crippen molar-refractivity contribution in [3.05, 3.63) is 34.3 Å². The lowest BCUT2D eigenvalue weighted by Gasteiger charge is -2.38. The minimum Gasteiger partial charge on any atom is -0.333 e. The lowest BCUT2D eigenvalue weighted by Crippen LogP contribution is -2.59. The number of rotatable bonds is 4. The van der Waals surface area contributed by atoms with Crippen molar-refractivity contribution in [2.24, 2.45) is 0 Å². The molecule has 4 heteroatoms. The van der Waals surface area contributed by atoms with Crippen LogP contribution in [0.2, 0.25) is 5.02 Å². The first-order valence-electron chi connectivity index (χ1n) is 6.42. The van der Waals surface area contributed by atoms with Crippen molar-refractivity contribution in [2.75, 3.05) is 19.6 Å². The Hall–Kier alpha value is -1.06. The SMILES string of the molecule is CCCN(C(=O)c1cccc(C)c1Cl)C1CNC1. The molecule has 1 N–H and O–H groups in total. The predicted molar refractivity (Wildman–Crippen MR) is 74.2 cm³/mol. The van der Waals surface area contributed by atoms with Crippen molar-refractivity contribution in [3.63, 3.8) is 0 Å². The third-order valence-electron chi connectivity index (χ3n) is 3.35. The fourth-order valence-corrected chi connectivity index (χ4v) is 2.36. The Kier molecular flexibility index (Phi) is 4.25. The van der Waals surface area contributed by atoms with Gasteiger partial charge in [-0.15, -0.1) is 0 Å². The molecule has 0 spiro atoms. The van der Waals surface area contributed by atoms with Gasteiger partial charge < -0.3 is 10.2 Å². The van der Waals surface area contributed by atoms with Crippen LogP contribution in [-0.2, 0) is 0 Å². The molecular formula is C14H19ClN2O. The maximum Gasteiger partial charge on any atom is 0.255 e. The Balaban J connectivity index is 2.24. The molecule has 0 saturated carbocycles. The standard InChI is InChI=1S/C14H19ClN2O/c1-3-7-17(11-8-16-9-11)14(18)12-6-4-5-10(2)13(12)15/h4-6,11,16H,3,7-9H2,1-2H3. The van der Waals surface area contributed by atoms with Gasteiger partial charge in [0.15, 0.2) is 0 Å². The van der Waals surface area contributed by atoms with Crippen LogP contribution in [0.4, 0.5) is 0 Å². The fourth-order valence-electron chi connectivity index (χ4n) is 2.15. The first-order valence-corrected chi connectivity index (χ1v) is 6.79. The van der Waals surface area contributed by atoms with Crippen molar-refractivity contribution in [1.29, 1.82) is 0 Å². The quantitative estimate of drug-likeness (QED) is 0.908. The first kappa shape index (κ1) is 13.4. The molecule has 1 amide bonds. The largest absolute Gasteiger partial charge is 0.333 e. The average Bonchev–Trinajstić information content (AvgIpc) is 2.29. The van der Waals surface area contributed by atoms with Gasteiger partial charge in [0.1, 0.15) is 0 Å². The number of hydrogen-bond acceptors (Lipinski definition) is 2. The summed E-state index contributed by atoms with van der Waals surface area (Å²) in [6.07, 6.45) is 0.964. The average molecular weight is 267 g/mol. The van der Waals surface area contributed by atoms with Crippen molar-refractivity contribution in [1.82, 2.24) is 10.2 Å². The van der Waals surface area contributed by atoms with E-state index < -0.39 is 0 Å². The van der Waals surface area contributed by atoms with E-state index in [0.717, 1.165) is 31.6 Å². The van der Waals surface area contributed by atoms with Gasteiger partial charge in [-0.05, 0) is 25.0 Å². The van der Waals surface area contributed by atoms with E-state index in [1.807, 2.05) is 30.0 Å². The van der Waals surface area contributed by atoms with Gasteiger partial charge in [-0.3, -0.25) is 4.79 Å². The Morgan fingerprint density at radius 2 is 2.22 bits per heavy atom. The van der Waals surface area contributed by atoms with Gasteiger partial charge in [0.2, 0.25) is 0 Å². The van der Waals surface area contributed by atoms with Gasteiger partial charge in [0.25, 0.3) is 5.91 Å². The summed E-state index contributed by atoms with van der Waals surface area (Å²) in [6, 6.07) is 5.94. The summed E-state index contributed by atoms with van der Waals surface area (Å²) in [5.41, 5.74) is 1.57. The van der Waals surface area contributed by atoms with Crippen LogP contribution < -0.4 is 5.32 Å². The summed E-state index contributed by atoms with van der Waals surface area (Å²) >= 11 is 6.24. The van der Waals surface area contributed by atoms with E-state index in [1.54, 1.807) is 0 Å². The maximum absolute atomic E-state index is 12.6. The highest BCUT2D eigenvalue weighted by molar-refractivity contribution is 6.34. The summed E-state index contributed by atoms with van der Waals surface area (Å²) in [5, 5.41) is 3.79. The van der Waals surface area contributed by atoms with Crippen LogP contribution in [0.25, 0.3) is 0 Å². The van der Waals surface area contributed by atoms with Gasteiger partial charge >= 0.3 is 0 Å². The lowest BCUT2D eigenvalue weighted by atomic mass is 10.1. The Bertz CT molecular complexity index is 443. The van der Waals surface area contributed by atoms with Crippen LogP contribution in [-0.4, -0.2) is 36.5 Å². The first-order chi connectivity index (χ1) is 8.65. The summed E-state index contributed by atoms with van der Waals surface area (Å²) in [7, 11) is 0. The monoisotopic (exact) mass is 266 g/mol. The molecule has 1 saturated heterocycles. The molecular weight excluding hydrogens is 248 g/mol. The smallest absolute Gasteiger partial charge is 0.255 e. The molecule has 1 aromatic carbocycles. The highest BCUT2D eigenvalue weighted by Crippen LogP contribution is 2.23. The van der Waals surface area contributed by atoms with Gasteiger partial charge in [0.05, 0.1) is 16.6 Å². The number of carbonyl (C=O) groups excluding carboxylic acids is 1. The molecule has 0 radical (unpaired) electrons. The van der Waals surface area contributed by atoms with Gasteiger partial charge in [0, 0.05) is 19.6 Å². The molecule has 3 nitrogen and oxygen atoms in total. The van der Waals surface area contributed by atoms with Gasteiger partial charge in [-0.1, -0.05) is 30.7 Å². The van der Waals surface area contributed by atoms with Crippen molar-refractivity contribution in [2.45, 2.75) is 26.3 Å². The molecule has 1 heterocycles. The van der Waals surface area contributed by atoms with Gasteiger partial charge in [-0.25, -0.2) is 0 Å². The molecule has 1 aliphatic heterocycles. The molecule has 0 aromatic heterocycles. The zero-order chi connectivity index (χ0) is 13.1. The van der Waals surface area contributed by atoms with E-state index in [4.69, 9.17) is 11.6 Å². The molecule has 2 rings (SSSR count). The summed E-state index contributed by atoms with van der Waals surface area (Å²) in [6.45, 7) is 6.57. The number of hydrogen-bond donors (Lipinski definition) is 1. The van der Waals surface area contributed by atoms with E-state index in [1.165, 1.54) is 0 Å². The topological polar surface area (TPSA) is 32.3 Å². The van der Waals surface area contributed by atoms with E-state index in [9.17, 15) is 4.79 Å². The van der Waals surface area contributed by atoms with E-state index >= 15 is 0 Å². The van der Waals surface area contributed by atoms with Crippen LogP contribution in [0.3, 0.4) is 0 Å². The van der Waals surface area contributed by atoms with Crippen LogP contribution >= 0.6 is 11.6 Å². The minimum absolute atomic E-state index is 0.0528. The number of nitrogens with zero attached hydrogens (tertiary/aromatic N) is 1. The summed E-state index contributed by atoms with van der Waals surface area (Å²) in [5.74, 6) is 0.0528. The van der Waals surface area contributed by atoms with Crippen molar-refractivity contribution >= 4 is 17.5 Å². The zero-order valence-corrected chi connectivity index (χ0v) is 11.6. The van der Waals surface area contributed by atoms with Crippen molar-refractivity contribution < 1.29 is 4.79 Å². The van der Waals surface area contributed by atoms with E-state index in [-0.39, 0.29) is 5.91 Å². The van der Waals surface area contributed by atoms with Crippen LogP contribution in [0.1, 0.15) is 29.3 Å². The molecule has 1 aliphatic rings. The van der Waals surface area contributed by atoms with Crippen LogP contribution in [0.5, 0.6) is 0 Å². The van der Waals surface area contributed by atoms with Crippen molar-refractivity contribution in [3.8, 4) is 0 Å². The second-order valence-corrected chi connectivity index (χ2v) is 5.13. The Morgan fingerprint density at radius 3 is 2.78 bits per heavy atom. The molecule has 98 valence electrons. The number of aryl methyl sites for hydroxylation is 1. The highest BCUT2D eigenvalue weighted by Gasteiger charge is 2.29. The third kappa shape index (κ3) is 2.52. The molecule has 1 fully saturated rings. The van der Waals surface area contributed by atoms with Crippen LogP contribution in [0, 0.1) is 6.92 Å². The lowest BCUT2D eigenvalue weighted by molar-refractivity contribution is 0.0616.